The zero-order valence-electron chi connectivity index (χ0n) is 12.4. The molecule has 1 unspecified atom stereocenters. The molecule has 0 saturated heterocycles. The summed E-state index contributed by atoms with van der Waals surface area (Å²) in [6.07, 6.45) is 1.22. The maximum absolute atomic E-state index is 10.8. The number of anilines is 1. The van der Waals surface area contributed by atoms with Gasteiger partial charge in [0.25, 0.3) is 0 Å². The number of hydrogen-bond acceptors (Lipinski definition) is 3. The van der Waals surface area contributed by atoms with Crippen molar-refractivity contribution in [1.29, 1.82) is 0 Å². The lowest BCUT2D eigenvalue weighted by atomic mass is 10.0. The molecule has 4 heteroatoms. The van der Waals surface area contributed by atoms with Gasteiger partial charge >= 0.3 is 5.97 Å². The van der Waals surface area contributed by atoms with Crippen LogP contribution in [-0.2, 0) is 4.79 Å². The number of carboxylic acid groups (broad SMARTS) is 1. The number of hydrogen-bond donors (Lipinski definition) is 1. The van der Waals surface area contributed by atoms with Crippen LogP contribution in [0.5, 0.6) is 5.75 Å². The molecule has 0 aliphatic carbocycles. The largest absolute Gasteiger partial charge is 0.486 e. The number of carbonyl (C=O) groups is 1. The average molecular weight is 277 g/mol. The number of benzene rings is 1. The van der Waals surface area contributed by atoms with Crippen LogP contribution in [0.3, 0.4) is 0 Å². The fourth-order valence-corrected chi connectivity index (χ4v) is 2.46. The minimum Gasteiger partial charge on any atom is -0.486 e. The minimum absolute atomic E-state index is 0.140. The number of nitrogens with zero attached hydrogens (tertiary/aromatic N) is 1. The fourth-order valence-electron chi connectivity index (χ4n) is 2.46. The highest BCUT2D eigenvalue weighted by molar-refractivity contribution is 5.69. The van der Waals surface area contributed by atoms with Crippen molar-refractivity contribution >= 4 is 11.7 Å². The second-order valence-electron chi connectivity index (χ2n) is 5.62. The molecule has 0 radical (unpaired) electrons. The average Bonchev–Trinajstić information content (AvgIpc) is 2.43. The maximum Gasteiger partial charge on any atom is 0.305 e. The highest BCUT2D eigenvalue weighted by Crippen LogP contribution is 2.36. The normalized spacial score (nSPS) is 17.8. The third kappa shape index (κ3) is 3.24. The van der Waals surface area contributed by atoms with E-state index < -0.39 is 5.97 Å². The number of aliphatic carboxylic acids is 1. The van der Waals surface area contributed by atoms with Crippen LogP contribution in [0.1, 0.15) is 45.1 Å². The second-order valence-corrected chi connectivity index (χ2v) is 5.62. The Morgan fingerprint density at radius 2 is 2.25 bits per heavy atom. The Hall–Kier alpha value is -1.71. The summed E-state index contributed by atoms with van der Waals surface area (Å²) in [7, 11) is 0. The van der Waals surface area contributed by atoms with Crippen molar-refractivity contribution in [2.75, 3.05) is 18.0 Å². The minimum atomic E-state index is -0.758. The molecule has 1 aliphatic rings. The lowest BCUT2D eigenvalue weighted by Crippen LogP contribution is -2.40. The number of ether oxygens (including phenoxy) is 1. The summed E-state index contributed by atoms with van der Waals surface area (Å²) in [5.74, 6) is 0.564. The van der Waals surface area contributed by atoms with E-state index in [0.29, 0.717) is 12.5 Å². The Morgan fingerprint density at radius 3 is 2.85 bits per heavy atom. The van der Waals surface area contributed by atoms with E-state index in [0.717, 1.165) is 24.4 Å². The van der Waals surface area contributed by atoms with Crippen molar-refractivity contribution in [3.05, 3.63) is 23.8 Å². The first-order chi connectivity index (χ1) is 9.51. The van der Waals surface area contributed by atoms with Gasteiger partial charge in [-0.2, -0.15) is 0 Å². The molecule has 1 aromatic carbocycles. The lowest BCUT2D eigenvalue weighted by molar-refractivity contribution is -0.136. The molecule has 110 valence electrons. The predicted molar refractivity (Wildman–Crippen MR) is 79.7 cm³/mol. The summed E-state index contributed by atoms with van der Waals surface area (Å²) in [5.41, 5.74) is 2.28. The maximum atomic E-state index is 10.8. The van der Waals surface area contributed by atoms with Gasteiger partial charge in [-0.1, -0.05) is 26.8 Å². The second kappa shape index (κ2) is 6.16. The van der Waals surface area contributed by atoms with Crippen molar-refractivity contribution in [3.63, 3.8) is 0 Å². The van der Waals surface area contributed by atoms with E-state index in [1.165, 1.54) is 5.56 Å². The van der Waals surface area contributed by atoms with E-state index in [2.05, 4.69) is 37.8 Å². The standard InChI is InChI=1S/C16H23NO3/c1-4-13-10-17(8-7-16(18)19)14-9-12(11(2)3)5-6-15(14)20-13/h5-6,9,11,13H,4,7-8,10H2,1-3H3,(H,18,19). The highest BCUT2D eigenvalue weighted by Gasteiger charge is 2.25. The number of rotatable bonds is 5. The van der Waals surface area contributed by atoms with E-state index >= 15 is 0 Å². The van der Waals surface area contributed by atoms with E-state index in [4.69, 9.17) is 9.84 Å². The molecule has 1 atom stereocenters. The zero-order chi connectivity index (χ0) is 14.7. The third-order valence-corrected chi connectivity index (χ3v) is 3.76. The first kappa shape index (κ1) is 14.7. The molecule has 1 aromatic rings. The van der Waals surface area contributed by atoms with E-state index in [-0.39, 0.29) is 12.5 Å². The summed E-state index contributed by atoms with van der Waals surface area (Å²) in [5, 5.41) is 8.90. The Labute approximate surface area is 120 Å². The van der Waals surface area contributed by atoms with E-state index in [1.807, 2.05) is 6.07 Å². The summed E-state index contributed by atoms with van der Waals surface area (Å²) in [4.78, 5) is 13.0. The highest BCUT2D eigenvalue weighted by atomic mass is 16.5. The van der Waals surface area contributed by atoms with Gasteiger partial charge in [0, 0.05) is 6.54 Å². The number of carboxylic acids is 1. The summed E-state index contributed by atoms with van der Waals surface area (Å²) in [6.45, 7) is 7.69. The van der Waals surface area contributed by atoms with Gasteiger partial charge in [0.1, 0.15) is 11.9 Å². The smallest absolute Gasteiger partial charge is 0.305 e. The van der Waals surface area contributed by atoms with Gasteiger partial charge in [-0.25, -0.2) is 0 Å². The van der Waals surface area contributed by atoms with Gasteiger partial charge in [-0.05, 0) is 30.0 Å². The summed E-state index contributed by atoms with van der Waals surface area (Å²) < 4.78 is 5.96. The van der Waals surface area contributed by atoms with Crippen molar-refractivity contribution in [2.45, 2.75) is 45.6 Å². The summed E-state index contributed by atoms with van der Waals surface area (Å²) >= 11 is 0. The lowest BCUT2D eigenvalue weighted by Gasteiger charge is -2.36. The molecule has 0 amide bonds. The van der Waals surface area contributed by atoms with E-state index in [9.17, 15) is 4.79 Å². The molecule has 1 aliphatic heterocycles. The molecule has 0 bridgehead atoms. The molecule has 0 spiro atoms. The molecular formula is C16H23NO3. The van der Waals surface area contributed by atoms with Gasteiger partial charge < -0.3 is 14.7 Å². The molecule has 2 rings (SSSR count). The Morgan fingerprint density at radius 1 is 1.50 bits per heavy atom. The van der Waals surface area contributed by atoms with Gasteiger partial charge in [-0.15, -0.1) is 0 Å². The SMILES string of the molecule is CCC1CN(CCC(=O)O)c2cc(C(C)C)ccc2O1. The molecule has 0 fully saturated rings. The first-order valence-corrected chi connectivity index (χ1v) is 7.28. The van der Waals surface area contributed by atoms with Crippen LogP contribution in [0.25, 0.3) is 0 Å². The Bertz CT molecular complexity index is 485. The molecule has 4 nitrogen and oxygen atoms in total. The third-order valence-electron chi connectivity index (χ3n) is 3.76. The van der Waals surface area contributed by atoms with Crippen molar-refractivity contribution < 1.29 is 14.6 Å². The van der Waals surface area contributed by atoms with Gasteiger partial charge in [-0.3, -0.25) is 4.79 Å². The topological polar surface area (TPSA) is 49.8 Å². The van der Waals surface area contributed by atoms with Crippen LogP contribution >= 0.6 is 0 Å². The van der Waals surface area contributed by atoms with Crippen molar-refractivity contribution in [1.82, 2.24) is 0 Å². The van der Waals surface area contributed by atoms with Gasteiger partial charge in [0.2, 0.25) is 0 Å². The van der Waals surface area contributed by atoms with Crippen LogP contribution in [0.2, 0.25) is 0 Å². The Balaban J connectivity index is 2.28. The van der Waals surface area contributed by atoms with Crippen LogP contribution in [0.4, 0.5) is 5.69 Å². The van der Waals surface area contributed by atoms with Crippen LogP contribution in [-0.4, -0.2) is 30.3 Å². The summed E-state index contributed by atoms with van der Waals surface area (Å²) in [6, 6.07) is 6.24. The quantitative estimate of drug-likeness (QED) is 0.897. The Kier molecular flexibility index (Phi) is 4.53. The molecule has 0 saturated carbocycles. The molecule has 1 N–H and O–H groups in total. The van der Waals surface area contributed by atoms with Crippen molar-refractivity contribution in [2.24, 2.45) is 0 Å². The van der Waals surface area contributed by atoms with Crippen LogP contribution < -0.4 is 9.64 Å². The van der Waals surface area contributed by atoms with E-state index in [1.54, 1.807) is 0 Å². The first-order valence-electron chi connectivity index (χ1n) is 7.28. The molecular weight excluding hydrogens is 254 g/mol. The van der Waals surface area contributed by atoms with Crippen LogP contribution in [0.15, 0.2) is 18.2 Å². The fraction of sp³-hybridized carbons (Fsp3) is 0.562. The monoisotopic (exact) mass is 277 g/mol. The molecule has 20 heavy (non-hydrogen) atoms. The number of fused-ring (bicyclic) bond motifs is 1. The molecule has 0 aromatic heterocycles. The zero-order valence-corrected chi connectivity index (χ0v) is 12.4. The van der Waals surface area contributed by atoms with Crippen molar-refractivity contribution in [3.8, 4) is 5.75 Å². The van der Waals surface area contributed by atoms with Crippen LogP contribution in [0, 0.1) is 0 Å². The molecule has 1 heterocycles. The van der Waals surface area contributed by atoms with Gasteiger partial charge in [0.15, 0.2) is 0 Å². The predicted octanol–water partition coefficient (Wildman–Crippen LogP) is 3.26. The van der Waals surface area contributed by atoms with Gasteiger partial charge in [0.05, 0.1) is 18.7 Å².